The summed E-state index contributed by atoms with van der Waals surface area (Å²) in [5, 5.41) is 7.62. The lowest BCUT2D eigenvalue weighted by Crippen LogP contribution is -2.17. The van der Waals surface area contributed by atoms with Crippen LogP contribution >= 0.6 is 0 Å². The first-order chi connectivity index (χ1) is 8.26. The van der Waals surface area contributed by atoms with Crippen molar-refractivity contribution in [3.05, 3.63) is 41.6 Å². The molecule has 0 aliphatic heterocycles. The zero-order valence-corrected chi connectivity index (χ0v) is 10.6. The van der Waals surface area contributed by atoms with Gasteiger partial charge in [-0.2, -0.15) is 5.10 Å². The predicted molar refractivity (Wildman–Crippen MR) is 66.9 cm³/mol. The minimum atomic E-state index is 0.0793. The molecule has 0 saturated heterocycles. The Morgan fingerprint density at radius 2 is 2.35 bits per heavy atom. The van der Waals surface area contributed by atoms with Crippen LogP contribution in [0.2, 0.25) is 0 Å². The van der Waals surface area contributed by atoms with E-state index in [1.807, 2.05) is 24.0 Å². The number of aryl methyl sites for hydroxylation is 2. The zero-order valence-electron chi connectivity index (χ0n) is 10.6. The molecule has 0 saturated carbocycles. The molecule has 0 spiro atoms. The molecule has 1 unspecified atom stereocenters. The van der Waals surface area contributed by atoms with Gasteiger partial charge in [0, 0.05) is 18.3 Å². The lowest BCUT2D eigenvalue weighted by Gasteiger charge is -2.12. The number of nitrogens with one attached hydrogen (secondary N) is 1. The molecule has 2 rings (SSSR count). The Kier molecular flexibility index (Phi) is 3.64. The Labute approximate surface area is 102 Å². The van der Waals surface area contributed by atoms with Crippen LogP contribution in [0.1, 0.15) is 36.3 Å². The average Bonchev–Trinajstić information content (AvgIpc) is 2.92. The van der Waals surface area contributed by atoms with E-state index in [-0.39, 0.29) is 6.04 Å². The van der Waals surface area contributed by atoms with Crippen molar-refractivity contribution in [1.82, 2.24) is 15.1 Å². The van der Waals surface area contributed by atoms with Gasteiger partial charge >= 0.3 is 0 Å². The molecule has 0 amide bonds. The maximum absolute atomic E-state index is 5.54. The predicted octanol–water partition coefficient (Wildman–Crippen LogP) is 2.50. The fourth-order valence-electron chi connectivity index (χ4n) is 2.01. The van der Waals surface area contributed by atoms with Gasteiger partial charge in [0.2, 0.25) is 0 Å². The molecule has 0 aromatic carbocycles. The van der Waals surface area contributed by atoms with E-state index in [0.29, 0.717) is 0 Å². The van der Waals surface area contributed by atoms with Crippen LogP contribution in [-0.4, -0.2) is 16.8 Å². The number of hydrogen-bond acceptors (Lipinski definition) is 3. The van der Waals surface area contributed by atoms with Gasteiger partial charge < -0.3 is 9.73 Å². The lowest BCUT2D eigenvalue weighted by molar-refractivity contribution is 0.460. The highest BCUT2D eigenvalue weighted by Gasteiger charge is 2.18. The fraction of sp³-hybridized carbons (Fsp3) is 0.462. The first-order valence-electron chi connectivity index (χ1n) is 5.99. The van der Waals surface area contributed by atoms with Gasteiger partial charge in [0.05, 0.1) is 18.5 Å². The number of furan rings is 1. The second-order valence-corrected chi connectivity index (χ2v) is 4.23. The van der Waals surface area contributed by atoms with E-state index in [4.69, 9.17) is 4.42 Å². The van der Waals surface area contributed by atoms with E-state index >= 15 is 0 Å². The summed E-state index contributed by atoms with van der Waals surface area (Å²) in [5.41, 5.74) is 2.30. The second kappa shape index (κ2) is 5.19. The summed E-state index contributed by atoms with van der Waals surface area (Å²) in [6, 6.07) is 2.06. The zero-order chi connectivity index (χ0) is 12.3. The van der Waals surface area contributed by atoms with Crippen molar-refractivity contribution in [2.24, 2.45) is 0 Å². The number of hydrogen-bond donors (Lipinski definition) is 1. The van der Waals surface area contributed by atoms with E-state index in [9.17, 15) is 0 Å². The Balaban J connectivity index is 2.26. The Hall–Kier alpha value is -1.55. The van der Waals surface area contributed by atoms with Crippen LogP contribution in [0.5, 0.6) is 0 Å². The third-order valence-corrected chi connectivity index (χ3v) is 2.89. The van der Waals surface area contributed by atoms with Gasteiger partial charge in [-0.25, -0.2) is 0 Å². The quantitative estimate of drug-likeness (QED) is 0.862. The summed E-state index contributed by atoms with van der Waals surface area (Å²) in [5.74, 6) is 0.962. The molecule has 1 atom stereocenters. The molecule has 4 nitrogen and oxygen atoms in total. The van der Waals surface area contributed by atoms with Crippen LogP contribution in [0, 0.1) is 6.92 Å². The van der Waals surface area contributed by atoms with Gasteiger partial charge in [-0.3, -0.25) is 4.68 Å². The van der Waals surface area contributed by atoms with Gasteiger partial charge in [0.25, 0.3) is 0 Å². The van der Waals surface area contributed by atoms with Crippen molar-refractivity contribution in [2.45, 2.75) is 32.9 Å². The highest BCUT2D eigenvalue weighted by Crippen LogP contribution is 2.24. The van der Waals surface area contributed by atoms with Crippen LogP contribution < -0.4 is 5.32 Å². The molecule has 2 heterocycles. The van der Waals surface area contributed by atoms with Crippen molar-refractivity contribution in [1.29, 1.82) is 0 Å². The van der Waals surface area contributed by atoms with E-state index in [1.54, 1.807) is 6.26 Å². The van der Waals surface area contributed by atoms with Crippen molar-refractivity contribution in [2.75, 3.05) is 7.05 Å². The molecule has 0 bridgehead atoms. The van der Waals surface area contributed by atoms with E-state index < -0.39 is 0 Å². The minimum Gasteiger partial charge on any atom is -0.467 e. The third-order valence-electron chi connectivity index (χ3n) is 2.89. The molecular weight excluding hydrogens is 214 g/mol. The van der Waals surface area contributed by atoms with Crippen molar-refractivity contribution in [3.63, 3.8) is 0 Å². The van der Waals surface area contributed by atoms with Gasteiger partial charge in [0.1, 0.15) is 5.76 Å². The summed E-state index contributed by atoms with van der Waals surface area (Å²) in [4.78, 5) is 0. The molecule has 17 heavy (non-hydrogen) atoms. The number of rotatable bonds is 5. The van der Waals surface area contributed by atoms with Crippen LogP contribution in [0.4, 0.5) is 0 Å². The standard InChI is InChI=1S/C13H19N3O/c1-4-6-16-9-11(8-15-16)12(14-3)13-10(2)5-7-17-13/h5,7-9,12,14H,4,6H2,1-3H3. The van der Waals surface area contributed by atoms with Crippen LogP contribution in [-0.2, 0) is 6.54 Å². The second-order valence-electron chi connectivity index (χ2n) is 4.23. The summed E-state index contributed by atoms with van der Waals surface area (Å²) >= 11 is 0. The van der Waals surface area contributed by atoms with Gasteiger partial charge in [0.15, 0.2) is 0 Å². The van der Waals surface area contributed by atoms with Crippen molar-refractivity contribution in [3.8, 4) is 0 Å². The number of aromatic nitrogens is 2. The highest BCUT2D eigenvalue weighted by atomic mass is 16.3. The molecule has 1 N–H and O–H groups in total. The van der Waals surface area contributed by atoms with Crippen LogP contribution in [0.15, 0.2) is 29.1 Å². The summed E-state index contributed by atoms with van der Waals surface area (Å²) in [6.45, 7) is 5.15. The summed E-state index contributed by atoms with van der Waals surface area (Å²) in [6.07, 6.45) is 6.79. The topological polar surface area (TPSA) is 43.0 Å². The van der Waals surface area contributed by atoms with Gasteiger partial charge in [-0.15, -0.1) is 0 Å². The Morgan fingerprint density at radius 3 is 2.94 bits per heavy atom. The molecule has 92 valence electrons. The van der Waals surface area contributed by atoms with E-state index in [2.05, 4.69) is 30.5 Å². The molecule has 4 heteroatoms. The molecule has 0 aliphatic carbocycles. The Morgan fingerprint density at radius 1 is 1.53 bits per heavy atom. The lowest BCUT2D eigenvalue weighted by atomic mass is 10.1. The SMILES string of the molecule is CCCn1cc(C(NC)c2occc2C)cn1. The van der Waals surface area contributed by atoms with Gasteiger partial charge in [-0.05, 0) is 32.0 Å². The smallest absolute Gasteiger partial charge is 0.128 e. The summed E-state index contributed by atoms with van der Waals surface area (Å²) in [7, 11) is 1.93. The molecular formula is C13H19N3O. The van der Waals surface area contributed by atoms with Crippen molar-refractivity contribution < 1.29 is 4.42 Å². The Bertz CT molecular complexity index is 472. The van der Waals surface area contributed by atoms with E-state index in [1.165, 1.54) is 0 Å². The first-order valence-corrected chi connectivity index (χ1v) is 5.99. The fourth-order valence-corrected chi connectivity index (χ4v) is 2.01. The molecule has 2 aromatic heterocycles. The van der Waals surface area contributed by atoms with Crippen molar-refractivity contribution >= 4 is 0 Å². The molecule has 0 radical (unpaired) electrons. The molecule has 2 aromatic rings. The van der Waals surface area contributed by atoms with E-state index in [0.717, 1.165) is 29.9 Å². The molecule has 0 aliphatic rings. The maximum Gasteiger partial charge on any atom is 0.128 e. The monoisotopic (exact) mass is 233 g/mol. The highest BCUT2D eigenvalue weighted by molar-refractivity contribution is 5.27. The average molecular weight is 233 g/mol. The first kappa shape index (κ1) is 11.9. The maximum atomic E-state index is 5.54. The molecule has 0 fully saturated rings. The third kappa shape index (κ3) is 2.42. The van der Waals surface area contributed by atoms with Gasteiger partial charge in [-0.1, -0.05) is 6.92 Å². The van der Waals surface area contributed by atoms with Crippen LogP contribution in [0.3, 0.4) is 0 Å². The van der Waals surface area contributed by atoms with Crippen LogP contribution in [0.25, 0.3) is 0 Å². The largest absolute Gasteiger partial charge is 0.467 e. The minimum absolute atomic E-state index is 0.0793. The normalized spacial score (nSPS) is 12.9. The summed E-state index contributed by atoms with van der Waals surface area (Å²) < 4.78 is 7.51. The number of nitrogens with zero attached hydrogens (tertiary/aromatic N) is 2.